The van der Waals surface area contributed by atoms with E-state index in [-0.39, 0.29) is 30.1 Å². The summed E-state index contributed by atoms with van der Waals surface area (Å²) in [5, 5.41) is 3.14. The SMILES string of the molecule is CC(C)CC(NC(=O)Oc1ccc(-c2ccccc2)s1)C(=O)N1CCC2C1C(=O)CN2C(=O)c1ccoc1. The molecule has 9 nitrogen and oxygen atoms in total. The number of Topliss-reactive ketones (excluding diaryl/α,β-unsaturated/α-hetero) is 1. The molecular formula is C28H29N3O6S. The number of rotatable bonds is 7. The highest BCUT2D eigenvalue weighted by molar-refractivity contribution is 7.17. The number of ketones is 1. The third kappa shape index (κ3) is 5.22. The van der Waals surface area contributed by atoms with Gasteiger partial charge in [0.2, 0.25) is 5.91 Å². The zero-order valence-electron chi connectivity index (χ0n) is 21.2. The highest BCUT2D eigenvalue weighted by atomic mass is 32.1. The van der Waals surface area contributed by atoms with Crippen LogP contribution in [-0.2, 0) is 9.59 Å². The van der Waals surface area contributed by atoms with Crippen molar-refractivity contribution in [1.29, 1.82) is 0 Å². The number of ether oxygens (including phenoxy) is 1. The lowest BCUT2D eigenvalue weighted by molar-refractivity contribution is -0.138. The molecule has 2 fully saturated rings. The number of amides is 3. The summed E-state index contributed by atoms with van der Waals surface area (Å²) >= 11 is 1.34. The number of benzene rings is 1. The van der Waals surface area contributed by atoms with Gasteiger partial charge in [-0.3, -0.25) is 14.4 Å². The summed E-state index contributed by atoms with van der Waals surface area (Å²) in [5.41, 5.74) is 1.39. The summed E-state index contributed by atoms with van der Waals surface area (Å²) in [6, 6.07) is 12.9. The largest absolute Gasteiger partial charge is 0.472 e. The van der Waals surface area contributed by atoms with Crippen molar-refractivity contribution < 1.29 is 28.3 Å². The Labute approximate surface area is 224 Å². The first-order valence-corrected chi connectivity index (χ1v) is 13.4. The molecule has 0 bridgehead atoms. The number of hydrogen-bond donors (Lipinski definition) is 1. The number of fused-ring (bicyclic) bond motifs is 1. The Balaban J connectivity index is 1.26. The molecule has 3 amide bonds. The molecule has 0 spiro atoms. The molecule has 3 aromatic rings. The van der Waals surface area contributed by atoms with Crippen molar-refractivity contribution in [2.24, 2.45) is 5.92 Å². The molecule has 5 rings (SSSR count). The Bertz CT molecular complexity index is 1320. The van der Waals surface area contributed by atoms with Crippen LogP contribution in [0.5, 0.6) is 5.06 Å². The number of nitrogens with one attached hydrogen (secondary N) is 1. The number of thiophene rings is 1. The summed E-state index contributed by atoms with van der Waals surface area (Å²) in [6.07, 6.45) is 2.90. The average molecular weight is 536 g/mol. The van der Waals surface area contributed by atoms with E-state index in [4.69, 9.17) is 9.15 Å². The molecule has 2 saturated heterocycles. The van der Waals surface area contributed by atoms with Crippen LogP contribution in [0.25, 0.3) is 10.4 Å². The van der Waals surface area contributed by atoms with Gasteiger partial charge >= 0.3 is 6.09 Å². The second-order valence-corrected chi connectivity index (χ2v) is 11.0. The molecule has 38 heavy (non-hydrogen) atoms. The van der Waals surface area contributed by atoms with E-state index in [9.17, 15) is 19.2 Å². The van der Waals surface area contributed by atoms with E-state index < -0.39 is 24.2 Å². The van der Waals surface area contributed by atoms with E-state index in [1.165, 1.54) is 33.7 Å². The molecule has 3 atom stereocenters. The Kier molecular flexibility index (Phi) is 7.33. The lowest BCUT2D eigenvalue weighted by atomic mass is 10.0. The summed E-state index contributed by atoms with van der Waals surface area (Å²) in [6.45, 7) is 4.18. The maximum absolute atomic E-state index is 13.6. The lowest BCUT2D eigenvalue weighted by Gasteiger charge is -2.28. The number of carbonyl (C=O) groups excluding carboxylic acids is 4. The van der Waals surface area contributed by atoms with Crippen molar-refractivity contribution >= 4 is 35.0 Å². The van der Waals surface area contributed by atoms with Gasteiger partial charge in [0.15, 0.2) is 10.8 Å². The van der Waals surface area contributed by atoms with Gasteiger partial charge < -0.3 is 24.3 Å². The van der Waals surface area contributed by atoms with Gasteiger partial charge in [0, 0.05) is 11.4 Å². The van der Waals surface area contributed by atoms with Crippen LogP contribution in [0.4, 0.5) is 4.79 Å². The number of hydrogen-bond acceptors (Lipinski definition) is 7. The van der Waals surface area contributed by atoms with Crippen molar-refractivity contribution in [2.45, 2.75) is 44.8 Å². The van der Waals surface area contributed by atoms with Crippen LogP contribution in [0.15, 0.2) is 65.5 Å². The molecular weight excluding hydrogens is 506 g/mol. The number of carbonyl (C=O) groups is 4. The van der Waals surface area contributed by atoms with Gasteiger partial charge in [-0.15, -0.1) is 0 Å². The minimum absolute atomic E-state index is 0.0600. The van der Waals surface area contributed by atoms with Crippen LogP contribution in [0.2, 0.25) is 0 Å². The van der Waals surface area contributed by atoms with E-state index in [0.717, 1.165) is 10.4 Å². The van der Waals surface area contributed by atoms with Crippen LogP contribution in [0, 0.1) is 5.92 Å². The topological polar surface area (TPSA) is 109 Å². The minimum atomic E-state index is -0.860. The number of nitrogens with zero attached hydrogens (tertiary/aromatic N) is 2. The molecule has 2 aromatic heterocycles. The van der Waals surface area contributed by atoms with Crippen molar-refractivity contribution in [1.82, 2.24) is 15.1 Å². The molecule has 0 saturated carbocycles. The summed E-state index contributed by atoms with van der Waals surface area (Å²) < 4.78 is 10.5. The van der Waals surface area contributed by atoms with Crippen molar-refractivity contribution in [3.05, 3.63) is 66.6 Å². The smallest absolute Gasteiger partial charge is 0.414 e. The normalized spacial score (nSPS) is 19.5. The standard InChI is InChI=1S/C28H29N3O6S/c1-17(2)14-20(29-28(35)37-24-9-8-23(38-24)18-6-4-3-5-7-18)27(34)30-12-10-21-25(30)22(32)15-31(21)26(33)19-11-13-36-16-19/h3-9,11,13,16-17,20-21,25H,10,12,14-15H2,1-2H3,(H,29,35). The fraction of sp³-hybridized carbons (Fsp3) is 0.357. The van der Waals surface area contributed by atoms with E-state index in [2.05, 4.69) is 5.32 Å². The second kappa shape index (κ2) is 10.8. The second-order valence-electron chi connectivity index (χ2n) is 9.94. The van der Waals surface area contributed by atoms with E-state index in [1.807, 2.05) is 50.2 Å². The predicted octanol–water partition coefficient (Wildman–Crippen LogP) is 4.21. The highest BCUT2D eigenvalue weighted by Crippen LogP contribution is 2.34. The number of furan rings is 1. The quantitative estimate of drug-likeness (QED) is 0.486. The average Bonchev–Trinajstić information content (AvgIpc) is 3.69. The Morgan fingerprint density at radius 3 is 2.61 bits per heavy atom. The van der Waals surface area contributed by atoms with Crippen LogP contribution >= 0.6 is 11.3 Å². The van der Waals surface area contributed by atoms with E-state index in [0.29, 0.717) is 30.0 Å². The highest BCUT2D eigenvalue weighted by Gasteiger charge is 2.52. The zero-order valence-corrected chi connectivity index (χ0v) is 22.0. The zero-order chi connectivity index (χ0) is 26.8. The maximum atomic E-state index is 13.6. The Morgan fingerprint density at radius 2 is 1.89 bits per heavy atom. The van der Waals surface area contributed by atoms with Crippen molar-refractivity contribution in [3.63, 3.8) is 0 Å². The fourth-order valence-corrected chi connectivity index (χ4v) is 6.04. The fourth-order valence-electron chi connectivity index (χ4n) is 5.18. The first kappa shape index (κ1) is 25.7. The van der Waals surface area contributed by atoms with Gasteiger partial charge in [0.25, 0.3) is 5.91 Å². The van der Waals surface area contributed by atoms with Gasteiger partial charge in [0.05, 0.1) is 24.4 Å². The molecule has 2 aliphatic rings. The van der Waals surface area contributed by atoms with Gasteiger partial charge in [-0.2, -0.15) is 0 Å². The van der Waals surface area contributed by atoms with Gasteiger partial charge in [-0.1, -0.05) is 55.5 Å². The van der Waals surface area contributed by atoms with Crippen molar-refractivity contribution in [3.8, 4) is 15.5 Å². The first-order chi connectivity index (χ1) is 18.3. The van der Waals surface area contributed by atoms with Crippen LogP contribution in [0.1, 0.15) is 37.0 Å². The third-order valence-corrected chi connectivity index (χ3v) is 7.88. The molecule has 10 heteroatoms. The lowest BCUT2D eigenvalue weighted by Crippen LogP contribution is -2.53. The van der Waals surface area contributed by atoms with Crippen LogP contribution in [-0.4, -0.2) is 64.7 Å². The molecule has 1 N–H and O–H groups in total. The first-order valence-electron chi connectivity index (χ1n) is 12.6. The van der Waals surface area contributed by atoms with E-state index >= 15 is 0 Å². The predicted molar refractivity (Wildman–Crippen MR) is 141 cm³/mol. The molecule has 198 valence electrons. The maximum Gasteiger partial charge on any atom is 0.414 e. The molecule has 4 heterocycles. The van der Waals surface area contributed by atoms with Gasteiger partial charge in [-0.05, 0) is 42.5 Å². The van der Waals surface area contributed by atoms with Crippen LogP contribution in [0.3, 0.4) is 0 Å². The monoisotopic (exact) mass is 535 g/mol. The minimum Gasteiger partial charge on any atom is -0.472 e. The van der Waals surface area contributed by atoms with Gasteiger partial charge in [0.1, 0.15) is 18.3 Å². The summed E-state index contributed by atoms with van der Waals surface area (Å²) in [7, 11) is 0. The summed E-state index contributed by atoms with van der Waals surface area (Å²) in [4.78, 5) is 56.3. The molecule has 3 unspecified atom stereocenters. The molecule has 0 radical (unpaired) electrons. The van der Waals surface area contributed by atoms with Crippen LogP contribution < -0.4 is 10.1 Å². The van der Waals surface area contributed by atoms with Gasteiger partial charge in [-0.25, -0.2) is 4.79 Å². The molecule has 1 aromatic carbocycles. The van der Waals surface area contributed by atoms with E-state index in [1.54, 1.807) is 12.1 Å². The number of likely N-dealkylation sites (tertiary alicyclic amines) is 2. The Hall–Kier alpha value is -3.92. The Morgan fingerprint density at radius 1 is 1.11 bits per heavy atom. The molecule has 0 aliphatic carbocycles. The third-order valence-electron chi connectivity index (χ3n) is 6.86. The molecule has 2 aliphatic heterocycles. The van der Waals surface area contributed by atoms with Crippen molar-refractivity contribution in [2.75, 3.05) is 13.1 Å². The summed E-state index contributed by atoms with van der Waals surface area (Å²) in [5.74, 6) is -0.714.